The number of methoxy groups -OCH3 is 3. The fourth-order valence-corrected chi connectivity index (χ4v) is 1.44. The summed E-state index contributed by atoms with van der Waals surface area (Å²) in [5.74, 6) is 0.842. The lowest BCUT2D eigenvalue weighted by Gasteiger charge is -2.12. The van der Waals surface area contributed by atoms with Crippen LogP contribution in [0.4, 0.5) is 5.82 Å². The highest BCUT2D eigenvalue weighted by Crippen LogP contribution is 2.20. The van der Waals surface area contributed by atoms with Crippen LogP contribution < -0.4 is 10.5 Å². The summed E-state index contributed by atoms with van der Waals surface area (Å²) in [6, 6.07) is 0. The van der Waals surface area contributed by atoms with Crippen molar-refractivity contribution in [3.05, 3.63) is 12.0 Å². The van der Waals surface area contributed by atoms with Gasteiger partial charge in [-0.3, -0.25) is 0 Å². The standard InChI is InChI=1S/C10H13N5O3/c1-16-5-4-12-6-7(11)14-9(10(17-2)18-3)15-8(6)13-5/h4,10H,1-3H3,(H2,11,13,14,15). The Hall–Kier alpha value is -2.06. The molecule has 2 aromatic rings. The van der Waals surface area contributed by atoms with Crippen molar-refractivity contribution in [3.8, 4) is 5.88 Å². The molecule has 0 unspecified atom stereocenters. The first-order chi connectivity index (χ1) is 8.69. The van der Waals surface area contributed by atoms with E-state index < -0.39 is 6.29 Å². The molecule has 2 heterocycles. The van der Waals surface area contributed by atoms with Gasteiger partial charge >= 0.3 is 0 Å². The fraction of sp³-hybridized carbons (Fsp3) is 0.400. The minimum Gasteiger partial charge on any atom is -0.480 e. The minimum absolute atomic E-state index is 0.212. The molecule has 18 heavy (non-hydrogen) atoms. The molecule has 0 atom stereocenters. The van der Waals surface area contributed by atoms with E-state index in [0.717, 1.165) is 0 Å². The number of hydrogen-bond donors (Lipinski definition) is 1. The van der Waals surface area contributed by atoms with E-state index in [9.17, 15) is 0 Å². The first kappa shape index (κ1) is 12.4. The minimum atomic E-state index is -0.704. The van der Waals surface area contributed by atoms with Gasteiger partial charge in [-0.05, 0) is 0 Å². The maximum Gasteiger partial charge on any atom is 0.234 e. The molecule has 96 valence electrons. The van der Waals surface area contributed by atoms with Crippen molar-refractivity contribution in [1.82, 2.24) is 19.9 Å². The number of aromatic nitrogens is 4. The lowest BCUT2D eigenvalue weighted by molar-refractivity contribution is -0.111. The van der Waals surface area contributed by atoms with Crippen LogP contribution in [0.5, 0.6) is 5.88 Å². The van der Waals surface area contributed by atoms with Gasteiger partial charge in [-0.1, -0.05) is 0 Å². The summed E-state index contributed by atoms with van der Waals surface area (Å²) in [4.78, 5) is 16.5. The van der Waals surface area contributed by atoms with Gasteiger partial charge in [0.05, 0.1) is 13.3 Å². The van der Waals surface area contributed by atoms with Gasteiger partial charge in [-0.15, -0.1) is 0 Å². The summed E-state index contributed by atoms with van der Waals surface area (Å²) in [5, 5.41) is 0. The molecule has 8 nitrogen and oxygen atoms in total. The van der Waals surface area contributed by atoms with E-state index in [4.69, 9.17) is 19.9 Å². The number of nitrogens with zero attached hydrogens (tertiary/aromatic N) is 4. The van der Waals surface area contributed by atoms with Crippen molar-refractivity contribution in [2.45, 2.75) is 6.29 Å². The zero-order chi connectivity index (χ0) is 13.1. The van der Waals surface area contributed by atoms with Gasteiger partial charge in [0, 0.05) is 14.2 Å². The maximum absolute atomic E-state index is 5.79. The summed E-state index contributed by atoms with van der Waals surface area (Å²) < 4.78 is 15.1. The predicted octanol–water partition coefficient (Wildman–Crippen LogP) is 0.302. The lowest BCUT2D eigenvalue weighted by Crippen LogP contribution is -2.11. The Morgan fingerprint density at radius 1 is 1.11 bits per heavy atom. The Labute approximate surface area is 103 Å². The highest BCUT2D eigenvalue weighted by Gasteiger charge is 2.16. The molecule has 0 aliphatic heterocycles. The molecule has 0 fully saturated rings. The van der Waals surface area contributed by atoms with Crippen LogP contribution in [0.25, 0.3) is 11.2 Å². The van der Waals surface area contributed by atoms with Crippen molar-refractivity contribution in [1.29, 1.82) is 0 Å². The molecule has 0 saturated heterocycles. The van der Waals surface area contributed by atoms with Gasteiger partial charge in [0.25, 0.3) is 0 Å². The van der Waals surface area contributed by atoms with Crippen LogP contribution in [-0.2, 0) is 9.47 Å². The normalized spacial score (nSPS) is 11.1. The van der Waals surface area contributed by atoms with E-state index in [1.807, 2.05) is 0 Å². The molecule has 0 spiro atoms. The summed E-state index contributed by atoms with van der Waals surface area (Å²) in [5.41, 5.74) is 6.53. The van der Waals surface area contributed by atoms with Crippen molar-refractivity contribution >= 4 is 17.0 Å². The van der Waals surface area contributed by atoms with E-state index in [0.29, 0.717) is 17.0 Å². The number of nitrogen functional groups attached to an aromatic ring is 1. The summed E-state index contributed by atoms with van der Waals surface area (Å²) in [7, 11) is 4.46. The fourth-order valence-electron chi connectivity index (χ4n) is 1.44. The second-order valence-corrected chi connectivity index (χ2v) is 3.35. The monoisotopic (exact) mass is 251 g/mol. The largest absolute Gasteiger partial charge is 0.480 e. The number of rotatable bonds is 4. The van der Waals surface area contributed by atoms with E-state index >= 15 is 0 Å². The predicted molar refractivity (Wildman–Crippen MR) is 62.9 cm³/mol. The Bertz CT molecular complexity index is 558. The molecular formula is C10H13N5O3. The molecule has 2 rings (SSSR count). The molecule has 0 saturated carbocycles. The van der Waals surface area contributed by atoms with Crippen LogP contribution in [0.2, 0.25) is 0 Å². The van der Waals surface area contributed by atoms with E-state index in [1.165, 1.54) is 27.5 Å². The first-order valence-electron chi connectivity index (χ1n) is 5.09. The van der Waals surface area contributed by atoms with Crippen molar-refractivity contribution in [2.75, 3.05) is 27.1 Å². The lowest BCUT2D eigenvalue weighted by atomic mass is 10.4. The zero-order valence-electron chi connectivity index (χ0n) is 10.2. The number of anilines is 1. The Morgan fingerprint density at radius 2 is 1.83 bits per heavy atom. The molecule has 0 radical (unpaired) electrons. The second kappa shape index (κ2) is 5.07. The van der Waals surface area contributed by atoms with Gasteiger partial charge in [0.1, 0.15) is 0 Å². The third-order valence-electron chi connectivity index (χ3n) is 2.28. The van der Waals surface area contributed by atoms with E-state index in [1.54, 1.807) is 0 Å². The van der Waals surface area contributed by atoms with Crippen LogP contribution in [-0.4, -0.2) is 41.3 Å². The van der Waals surface area contributed by atoms with E-state index in [-0.39, 0.29) is 11.6 Å². The molecule has 0 amide bonds. The molecule has 2 N–H and O–H groups in total. The number of ether oxygens (including phenoxy) is 3. The zero-order valence-corrected chi connectivity index (χ0v) is 10.2. The highest BCUT2D eigenvalue weighted by molar-refractivity contribution is 5.80. The third-order valence-corrected chi connectivity index (χ3v) is 2.28. The average Bonchev–Trinajstić information content (AvgIpc) is 2.39. The average molecular weight is 251 g/mol. The van der Waals surface area contributed by atoms with Gasteiger partial charge < -0.3 is 19.9 Å². The smallest absolute Gasteiger partial charge is 0.234 e. The van der Waals surface area contributed by atoms with Gasteiger partial charge in [0.15, 0.2) is 22.8 Å². The summed E-state index contributed by atoms with van der Waals surface area (Å²) >= 11 is 0. The highest BCUT2D eigenvalue weighted by atomic mass is 16.7. The Kier molecular flexibility index (Phi) is 3.49. The summed E-state index contributed by atoms with van der Waals surface area (Å²) in [6.07, 6.45) is 0.746. The van der Waals surface area contributed by atoms with Crippen LogP contribution in [0.15, 0.2) is 6.20 Å². The Morgan fingerprint density at radius 3 is 2.44 bits per heavy atom. The molecular weight excluding hydrogens is 238 g/mol. The number of hydrogen-bond acceptors (Lipinski definition) is 8. The third kappa shape index (κ3) is 2.15. The van der Waals surface area contributed by atoms with Crippen LogP contribution in [0.1, 0.15) is 12.1 Å². The first-order valence-corrected chi connectivity index (χ1v) is 5.09. The molecule has 0 bridgehead atoms. The van der Waals surface area contributed by atoms with Gasteiger partial charge in [-0.2, -0.15) is 4.98 Å². The number of fused-ring (bicyclic) bond motifs is 1. The van der Waals surface area contributed by atoms with Crippen molar-refractivity contribution in [3.63, 3.8) is 0 Å². The second-order valence-electron chi connectivity index (χ2n) is 3.35. The molecule has 0 aliphatic rings. The Balaban J connectivity index is 2.58. The van der Waals surface area contributed by atoms with Gasteiger partial charge in [-0.25, -0.2) is 15.0 Å². The quantitative estimate of drug-likeness (QED) is 0.773. The molecule has 0 aliphatic carbocycles. The molecule has 8 heteroatoms. The molecule has 2 aromatic heterocycles. The molecule has 0 aromatic carbocycles. The van der Waals surface area contributed by atoms with E-state index in [2.05, 4.69) is 19.9 Å². The maximum atomic E-state index is 5.79. The SMILES string of the molecule is COc1cnc2c(N)nc(C(OC)OC)nc2n1. The number of nitrogens with two attached hydrogens (primary N) is 1. The topological polar surface area (TPSA) is 105 Å². The van der Waals surface area contributed by atoms with Crippen molar-refractivity contribution < 1.29 is 14.2 Å². The van der Waals surface area contributed by atoms with Gasteiger partial charge in [0.2, 0.25) is 12.2 Å². The van der Waals surface area contributed by atoms with Crippen LogP contribution in [0, 0.1) is 0 Å². The summed E-state index contributed by atoms with van der Waals surface area (Å²) in [6.45, 7) is 0. The van der Waals surface area contributed by atoms with Crippen molar-refractivity contribution in [2.24, 2.45) is 0 Å². The van der Waals surface area contributed by atoms with Crippen LogP contribution in [0.3, 0.4) is 0 Å². The van der Waals surface area contributed by atoms with Crippen LogP contribution >= 0.6 is 0 Å².